The molecule has 84 valence electrons. The van der Waals surface area contributed by atoms with Gasteiger partial charge in [0.05, 0.1) is 6.42 Å². The van der Waals surface area contributed by atoms with Gasteiger partial charge in [0.2, 0.25) is 0 Å². The molecular formula is C11H23NO2. The lowest BCUT2D eigenvalue weighted by Crippen LogP contribution is -2.31. The molecule has 0 saturated carbocycles. The van der Waals surface area contributed by atoms with E-state index < -0.39 is 0 Å². The van der Waals surface area contributed by atoms with Crippen molar-refractivity contribution in [1.29, 1.82) is 0 Å². The Kier molecular flexibility index (Phi) is 5.13. The first-order valence-electron chi connectivity index (χ1n) is 5.14. The second-order valence-corrected chi connectivity index (χ2v) is 4.91. The van der Waals surface area contributed by atoms with Gasteiger partial charge in [0, 0.05) is 12.6 Å². The summed E-state index contributed by atoms with van der Waals surface area (Å²) >= 11 is 0. The predicted molar refractivity (Wildman–Crippen MR) is 58.2 cm³/mol. The van der Waals surface area contributed by atoms with Gasteiger partial charge < -0.3 is 9.64 Å². The molecule has 0 heterocycles. The van der Waals surface area contributed by atoms with Crippen molar-refractivity contribution in [3.8, 4) is 0 Å². The Balaban J connectivity index is 3.75. The molecule has 3 heteroatoms. The van der Waals surface area contributed by atoms with E-state index in [0.29, 0.717) is 12.5 Å². The molecule has 0 fully saturated rings. The van der Waals surface area contributed by atoms with Crippen LogP contribution in [0.15, 0.2) is 0 Å². The molecule has 0 rings (SSSR count). The zero-order valence-corrected chi connectivity index (χ0v) is 10.3. The third kappa shape index (κ3) is 6.89. The van der Waals surface area contributed by atoms with Gasteiger partial charge in [0.15, 0.2) is 0 Å². The lowest BCUT2D eigenvalue weighted by molar-refractivity contribution is -0.155. The molecule has 0 amide bonds. The second kappa shape index (κ2) is 5.35. The number of nitrogens with zero attached hydrogens (tertiary/aromatic N) is 1. The number of rotatable bonds is 4. The fourth-order valence-electron chi connectivity index (χ4n) is 0.918. The average molecular weight is 201 g/mol. The van der Waals surface area contributed by atoms with E-state index in [2.05, 4.69) is 18.7 Å². The summed E-state index contributed by atoms with van der Waals surface area (Å²) in [5.74, 6) is -0.120. The quantitative estimate of drug-likeness (QED) is 0.652. The molecule has 0 spiro atoms. The van der Waals surface area contributed by atoms with Gasteiger partial charge >= 0.3 is 5.97 Å². The summed E-state index contributed by atoms with van der Waals surface area (Å²) < 4.78 is 5.20. The van der Waals surface area contributed by atoms with Crippen molar-refractivity contribution in [1.82, 2.24) is 4.90 Å². The molecule has 14 heavy (non-hydrogen) atoms. The van der Waals surface area contributed by atoms with E-state index in [-0.39, 0.29) is 11.6 Å². The molecule has 0 aliphatic heterocycles. The van der Waals surface area contributed by atoms with Crippen LogP contribution in [0, 0.1) is 0 Å². The van der Waals surface area contributed by atoms with E-state index >= 15 is 0 Å². The van der Waals surface area contributed by atoms with Crippen LogP contribution in [0.2, 0.25) is 0 Å². The van der Waals surface area contributed by atoms with E-state index in [9.17, 15) is 4.79 Å². The Bertz CT molecular complexity index is 182. The fourth-order valence-corrected chi connectivity index (χ4v) is 0.918. The summed E-state index contributed by atoms with van der Waals surface area (Å²) in [6.45, 7) is 10.6. The molecule has 0 atom stereocenters. The number of hydrogen-bond acceptors (Lipinski definition) is 3. The van der Waals surface area contributed by atoms with Crippen LogP contribution >= 0.6 is 0 Å². The fraction of sp³-hybridized carbons (Fsp3) is 0.909. The average Bonchev–Trinajstić information content (AvgIpc) is 1.96. The Labute approximate surface area is 87.4 Å². The minimum Gasteiger partial charge on any atom is -0.460 e. The summed E-state index contributed by atoms with van der Waals surface area (Å²) in [6, 6.07) is 0.470. The van der Waals surface area contributed by atoms with Crippen LogP contribution in [0.25, 0.3) is 0 Å². The summed E-state index contributed by atoms with van der Waals surface area (Å²) in [6.07, 6.45) is 0.464. The highest BCUT2D eigenvalue weighted by Gasteiger charge is 2.16. The largest absolute Gasteiger partial charge is 0.460 e. The molecule has 0 aliphatic carbocycles. The molecule has 0 aromatic heterocycles. The van der Waals surface area contributed by atoms with Crippen molar-refractivity contribution in [2.75, 3.05) is 13.6 Å². The maximum absolute atomic E-state index is 11.3. The third-order valence-electron chi connectivity index (χ3n) is 1.97. The first-order chi connectivity index (χ1) is 6.22. The van der Waals surface area contributed by atoms with Gasteiger partial charge in [0.25, 0.3) is 0 Å². The lowest BCUT2D eigenvalue weighted by Gasteiger charge is -2.23. The maximum atomic E-state index is 11.3. The summed E-state index contributed by atoms with van der Waals surface area (Å²) in [5, 5.41) is 0. The van der Waals surface area contributed by atoms with E-state index in [1.165, 1.54) is 0 Å². The Hall–Kier alpha value is -0.570. The minimum atomic E-state index is -0.368. The first-order valence-corrected chi connectivity index (χ1v) is 5.14. The molecule has 0 radical (unpaired) electrons. The van der Waals surface area contributed by atoms with Crippen molar-refractivity contribution >= 4 is 5.97 Å². The highest BCUT2D eigenvalue weighted by Crippen LogP contribution is 2.08. The SMILES string of the molecule is CC(C)N(C)CCC(=O)OC(C)(C)C. The van der Waals surface area contributed by atoms with Crippen molar-refractivity contribution in [3.05, 3.63) is 0 Å². The highest BCUT2D eigenvalue weighted by molar-refractivity contribution is 5.70. The molecule has 0 aromatic carbocycles. The number of hydrogen-bond donors (Lipinski definition) is 0. The Morgan fingerprint density at radius 3 is 2.21 bits per heavy atom. The maximum Gasteiger partial charge on any atom is 0.307 e. The van der Waals surface area contributed by atoms with Crippen molar-refractivity contribution in [3.63, 3.8) is 0 Å². The van der Waals surface area contributed by atoms with Crippen LogP contribution in [0.3, 0.4) is 0 Å². The number of carbonyl (C=O) groups excluding carboxylic acids is 1. The standard InChI is InChI=1S/C11H23NO2/c1-9(2)12(6)8-7-10(13)14-11(3,4)5/h9H,7-8H2,1-6H3. The molecule has 0 N–H and O–H groups in total. The summed E-state index contributed by atoms with van der Waals surface area (Å²) in [7, 11) is 2.01. The van der Waals surface area contributed by atoms with Crippen molar-refractivity contribution < 1.29 is 9.53 Å². The van der Waals surface area contributed by atoms with Gasteiger partial charge in [0.1, 0.15) is 5.60 Å². The van der Waals surface area contributed by atoms with Crippen LogP contribution in [0.5, 0.6) is 0 Å². The van der Waals surface area contributed by atoms with Gasteiger partial charge in [-0.05, 0) is 41.7 Å². The Morgan fingerprint density at radius 1 is 1.36 bits per heavy atom. The van der Waals surface area contributed by atoms with Crippen LogP contribution in [0.4, 0.5) is 0 Å². The molecule has 3 nitrogen and oxygen atoms in total. The van der Waals surface area contributed by atoms with Gasteiger partial charge in [-0.1, -0.05) is 0 Å². The molecule has 0 unspecified atom stereocenters. The van der Waals surface area contributed by atoms with Gasteiger partial charge in [-0.15, -0.1) is 0 Å². The lowest BCUT2D eigenvalue weighted by atomic mass is 10.2. The minimum absolute atomic E-state index is 0.120. The molecule has 0 bridgehead atoms. The summed E-state index contributed by atoms with van der Waals surface area (Å²) in [4.78, 5) is 13.5. The second-order valence-electron chi connectivity index (χ2n) is 4.91. The first kappa shape index (κ1) is 13.4. The number of carbonyl (C=O) groups is 1. The van der Waals surface area contributed by atoms with E-state index in [4.69, 9.17) is 4.74 Å². The van der Waals surface area contributed by atoms with E-state index in [1.54, 1.807) is 0 Å². The van der Waals surface area contributed by atoms with E-state index in [1.807, 2.05) is 27.8 Å². The van der Waals surface area contributed by atoms with E-state index in [0.717, 1.165) is 6.54 Å². The summed E-state index contributed by atoms with van der Waals surface area (Å²) in [5.41, 5.74) is -0.368. The zero-order chi connectivity index (χ0) is 11.4. The smallest absolute Gasteiger partial charge is 0.307 e. The molecular weight excluding hydrogens is 178 g/mol. The topological polar surface area (TPSA) is 29.5 Å². The number of esters is 1. The van der Waals surface area contributed by atoms with Gasteiger partial charge in [-0.2, -0.15) is 0 Å². The zero-order valence-electron chi connectivity index (χ0n) is 10.3. The number of ether oxygens (including phenoxy) is 1. The van der Waals surface area contributed by atoms with Crippen molar-refractivity contribution in [2.24, 2.45) is 0 Å². The van der Waals surface area contributed by atoms with Crippen LogP contribution in [-0.2, 0) is 9.53 Å². The molecule has 0 aromatic rings. The third-order valence-corrected chi connectivity index (χ3v) is 1.97. The predicted octanol–water partition coefficient (Wildman–Crippen LogP) is 2.06. The van der Waals surface area contributed by atoms with Crippen molar-refractivity contribution in [2.45, 2.75) is 52.7 Å². The monoisotopic (exact) mass is 201 g/mol. The highest BCUT2D eigenvalue weighted by atomic mass is 16.6. The van der Waals surface area contributed by atoms with Gasteiger partial charge in [-0.3, -0.25) is 4.79 Å². The van der Waals surface area contributed by atoms with Gasteiger partial charge in [-0.25, -0.2) is 0 Å². The van der Waals surface area contributed by atoms with Crippen LogP contribution in [-0.4, -0.2) is 36.1 Å². The van der Waals surface area contributed by atoms with Crippen LogP contribution < -0.4 is 0 Å². The molecule has 0 saturated heterocycles. The normalized spacial score (nSPS) is 12.3. The van der Waals surface area contributed by atoms with Crippen LogP contribution in [0.1, 0.15) is 41.0 Å². The Morgan fingerprint density at radius 2 is 1.86 bits per heavy atom. The molecule has 0 aliphatic rings.